The summed E-state index contributed by atoms with van der Waals surface area (Å²) >= 11 is 1.47. The van der Waals surface area contributed by atoms with Crippen LogP contribution in [-0.2, 0) is 0 Å². The first kappa shape index (κ1) is 13.9. The molecule has 0 saturated heterocycles. The van der Waals surface area contributed by atoms with Gasteiger partial charge in [0.1, 0.15) is 0 Å². The molecule has 102 valence electrons. The molecule has 1 fully saturated rings. The van der Waals surface area contributed by atoms with Crippen LogP contribution in [0.15, 0.2) is 24.3 Å². The number of hydrogen-bond acceptors (Lipinski definition) is 3. The van der Waals surface area contributed by atoms with Gasteiger partial charge in [-0.3, -0.25) is 14.3 Å². The molecule has 0 aromatic heterocycles. The molecule has 1 saturated carbocycles. The van der Waals surface area contributed by atoms with Crippen LogP contribution in [0.2, 0.25) is 0 Å². The van der Waals surface area contributed by atoms with E-state index in [1.807, 2.05) is 0 Å². The largest absolute Gasteiger partial charge is 0.366 e. The van der Waals surface area contributed by atoms with Gasteiger partial charge in [0, 0.05) is 5.25 Å². The molecule has 0 heterocycles. The number of hydrogen-bond donors (Lipinski definition) is 2. The second-order valence-corrected chi connectivity index (χ2v) is 5.83. The fourth-order valence-electron chi connectivity index (χ4n) is 2.27. The van der Waals surface area contributed by atoms with Crippen LogP contribution in [0.3, 0.4) is 0 Å². The lowest BCUT2D eigenvalue weighted by molar-refractivity contribution is 0.0958. The van der Waals surface area contributed by atoms with E-state index in [0.717, 1.165) is 12.8 Å². The van der Waals surface area contributed by atoms with Crippen LogP contribution < -0.4 is 10.5 Å². The Balaban J connectivity index is 1.97. The summed E-state index contributed by atoms with van der Waals surface area (Å²) in [6, 6.07) is 6.62. The predicted molar refractivity (Wildman–Crippen MR) is 76.9 cm³/mol. The van der Waals surface area contributed by atoms with E-state index in [0.29, 0.717) is 10.8 Å². The first-order chi connectivity index (χ1) is 9.18. The van der Waals surface area contributed by atoms with Gasteiger partial charge in [0.15, 0.2) is 0 Å². The van der Waals surface area contributed by atoms with Gasteiger partial charge in [-0.05, 0) is 36.9 Å². The normalized spacial score (nSPS) is 16.0. The highest BCUT2D eigenvalue weighted by Gasteiger charge is 2.18. The maximum atomic E-state index is 12.1. The second-order valence-electron chi connectivity index (χ2n) is 4.72. The number of carbonyl (C=O) groups excluding carboxylic acids is 2. The lowest BCUT2D eigenvalue weighted by Gasteiger charge is -2.20. The van der Waals surface area contributed by atoms with Gasteiger partial charge in [-0.2, -0.15) is 0 Å². The Morgan fingerprint density at radius 2 is 1.74 bits per heavy atom. The maximum absolute atomic E-state index is 12.1. The molecule has 0 bridgehead atoms. The Kier molecular flexibility index (Phi) is 4.85. The Morgan fingerprint density at radius 1 is 1.11 bits per heavy atom. The summed E-state index contributed by atoms with van der Waals surface area (Å²) in [6.45, 7) is 0. The van der Waals surface area contributed by atoms with Crippen molar-refractivity contribution in [1.82, 2.24) is 4.72 Å². The zero-order chi connectivity index (χ0) is 13.7. The third-order valence-corrected chi connectivity index (χ3v) is 4.42. The second kappa shape index (κ2) is 6.61. The van der Waals surface area contributed by atoms with Crippen LogP contribution >= 0.6 is 11.9 Å². The van der Waals surface area contributed by atoms with Crippen molar-refractivity contribution >= 4 is 23.8 Å². The van der Waals surface area contributed by atoms with E-state index >= 15 is 0 Å². The summed E-state index contributed by atoms with van der Waals surface area (Å²) < 4.78 is 2.83. The SMILES string of the molecule is NC(=O)c1ccccc1C(=O)NSC1CCCCC1. The van der Waals surface area contributed by atoms with Gasteiger partial charge in [-0.15, -0.1) is 0 Å². The van der Waals surface area contributed by atoms with Gasteiger partial charge >= 0.3 is 0 Å². The highest BCUT2D eigenvalue weighted by atomic mass is 32.2. The van der Waals surface area contributed by atoms with Gasteiger partial charge in [0.2, 0.25) is 5.91 Å². The number of nitrogens with one attached hydrogen (secondary N) is 1. The van der Waals surface area contributed by atoms with E-state index in [4.69, 9.17) is 5.73 Å². The monoisotopic (exact) mass is 278 g/mol. The zero-order valence-corrected chi connectivity index (χ0v) is 11.5. The summed E-state index contributed by atoms with van der Waals surface area (Å²) in [5.41, 5.74) is 5.88. The summed E-state index contributed by atoms with van der Waals surface area (Å²) in [6.07, 6.45) is 6.02. The molecule has 0 atom stereocenters. The minimum Gasteiger partial charge on any atom is -0.366 e. The average molecular weight is 278 g/mol. The van der Waals surface area contributed by atoms with E-state index in [1.165, 1.54) is 31.2 Å². The van der Waals surface area contributed by atoms with Gasteiger partial charge in [0.25, 0.3) is 5.91 Å². The smallest absolute Gasteiger partial charge is 0.261 e. The fourth-order valence-corrected chi connectivity index (χ4v) is 3.22. The number of nitrogens with two attached hydrogens (primary N) is 1. The van der Waals surface area contributed by atoms with Crippen molar-refractivity contribution in [3.8, 4) is 0 Å². The molecule has 5 heteroatoms. The van der Waals surface area contributed by atoms with E-state index < -0.39 is 5.91 Å². The summed E-state index contributed by atoms with van der Waals surface area (Å²) in [7, 11) is 0. The quantitative estimate of drug-likeness (QED) is 0.831. The number of benzene rings is 1. The van der Waals surface area contributed by atoms with Crippen LogP contribution in [0.25, 0.3) is 0 Å². The first-order valence-electron chi connectivity index (χ1n) is 6.53. The molecular weight excluding hydrogens is 260 g/mol. The lowest BCUT2D eigenvalue weighted by atomic mass is 10.0. The molecule has 0 unspecified atom stereocenters. The van der Waals surface area contributed by atoms with Crippen LogP contribution in [-0.4, -0.2) is 17.1 Å². The Labute approximate surface area is 117 Å². The molecule has 2 amide bonds. The third-order valence-electron chi connectivity index (χ3n) is 3.31. The molecule has 0 radical (unpaired) electrons. The topological polar surface area (TPSA) is 72.2 Å². The van der Waals surface area contributed by atoms with Crippen molar-refractivity contribution in [3.63, 3.8) is 0 Å². The fraction of sp³-hybridized carbons (Fsp3) is 0.429. The van der Waals surface area contributed by atoms with Crippen molar-refractivity contribution in [3.05, 3.63) is 35.4 Å². The molecule has 1 aromatic carbocycles. The predicted octanol–water partition coefficient (Wildman–Crippen LogP) is 2.50. The van der Waals surface area contributed by atoms with E-state index in [2.05, 4.69) is 4.72 Å². The van der Waals surface area contributed by atoms with Crippen molar-refractivity contribution in [1.29, 1.82) is 0 Å². The standard InChI is InChI=1S/C14H18N2O2S/c15-13(17)11-8-4-5-9-12(11)14(18)16-19-10-6-2-1-3-7-10/h4-5,8-10H,1-3,6-7H2,(H2,15,17)(H,16,18). The molecule has 1 aliphatic rings. The van der Waals surface area contributed by atoms with Gasteiger partial charge in [-0.1, -0.05) is 31.4 Å². The third kappa shape index (κ3) is 3.73. The minimum absolute atomic E-state index is 0.245. The van der Waals surface area contributed by atoms with E-state index in [-0.39, 0.29) is 11.5 Å². The summed E-state index contributed by atoms with van der Waals surface area (Å²) in [4.78, 5) is 23.3. The number of primary amides is 1. The highest BCUT2D eigenvalue weighted by molar-refractivity contribution is 7.98. The molecule has 1 aromatic rings. The number of amides is 2. The Bertz CT molecular complexity index is 470. The van der Waals surface area contributed by atoms with Crippen molar-refractivity contribution < 1.29 is 9.59 Å². The zero-order valence-electron chi connectivity index (χ0n) is 10.7. The van der Waals surface area contributed by atoms with Crippen LogP contribution in [0, 0.1) is 0 Å². The van der Waals surface area contributed by atoms with E-state index in [1.54, 1.807) is 24.3 Å². The highest BCUT2D eigenvalue weighted by Crippen LogP contribution is 2.26. The molecule has 0 aliphatic heterocycles. The van der Waals surface area contributed by atoms with Crippen molar-refractivity contribution in [2.75, 3.05) is 0 Å². The molecule has 3 N–H and O–H groups in total. The molecule has 1 aliphatic carbocycles. The maximum Gasteiger partial charge on any atom is 0.261 e. The number of carbonyl (C=O) groups is 2. The van der Waals surface area contributed by atoms with Crippen LogP contribution in [0.5, 0.6) is 0 Å². The van der Waals surface area contributed by atoms with Crippen molar-refractivity contribution in [2.24, 2.45) is 5.73 Å². The molecular formula is C14H18N2O2S. The minimum atomic E-state index is -0.576. The van der Waals surface area contributed by atoms with Gasteiger partial charge in [0.05, 0.1) is 11.1 Å². The summed E-state index contributed by atoms with van der Waals surface area (Å²) in [5.74, 6) is -0.821. The van der Waals surface area contributed by atoms with Gasteiger partial charge in [-0.25, -0.2) is 0 Å². The van der Waals surface area contributed by atoms with Gasteiger partial charge < -0.3 is 5.73 Å². The summed E-state index contributed by atoms with van der Waals surface area (Å²) in [5, 5.41) is 0.485. The van der Waals surface area contributed by atoms with E-state index in [9.17, 15) is 9.59 Å². The number of rotatable bonds is 4. The molecule has 4 nitrogen and oxygen atoms in total. The van der Waals surface area contributed by atoms with Crippen LogP contribution in [0.1, 0.15) is 52.8 Å². The first-order valence-corrected chi connectivity index (χ1v) is 7.41. The Hall–Kier alpha value is -1.49. The van der Waals surface area contributed by atoms with Crippen molar-refractivity contribution in [2.45, 2.75) is 37.4 Å². The average Bonchev–Trinajstić information content (AvgIpc) is 2.46. The molecule has 0 spiro atoms. The van der Waals surface area contributed by atoms with Crippen LogP contribution in [0.4, 0.5) is 0 Å². The lowest BCUT2D eigenvalue weighted by Crippen LogP contribution is -2.25. The molecule has 2 rings (SSSR count). The molecule has 19 heavy (non-hydrogen) atoms. The Morgan fingerprint density at radius 3 is 2.37 bits per heavy atom.